The Bertz CT molecular complexity index is 1050. The molecule has 0 aromatic heterocycles. The molecule has 2 aromatic rings. The van der Waals surface area contributed by atoms with Gasteiger partial charge in [-0.15, -0.1) is 0 Å². The molecular weight excluding hydrogens is 420 g/mol. The first-order chi connectivity index (χ1) is 14.9. The molecule has 9 nitrogen and oxygen atoms in total. The smallest absolute Gasteiger partial charge is 0.269 e. The van der Waals surface area contributed by atoms with Crippen LogP contribution in [0.1, 0.15) is 40.0 Å². The average Bonchev–Trinajstić information content (AvgIpc) is 3.34. The molecule has 0 bridgehead atoms. The fourth-order valence-electron chi connectivity index (χ4n) is 3.12. The van der Waals surface area contributed by atoms with Crippen molar-refractivity contribution < 1.29 is 22.8 Å². The summed E-state index contributed by atoms with van der Waals surface area (Å²) in [5.74, 6) is -1.43. The molecule has 10 heteroatoms. The summed E-state index contributed by atoms with van der Waals surface area (Å²) in [6, 6.07) is 14.3. The van der Waals surface area contributed by atoms with Gasteiger partial charge in [0.2, 0.25) is 15.9 Å². The second-order valence-corrected chi connectivity index (χ2v) is 8.95. The summed E-state index contributed by atoms with van der Waals surface area (Å²) in [5.41, 5.74) is 5.11. The van der Waals surface area contributed by atoms with Gasteiger partial charge in [0.25, 0.3) is 11.8 Å². The Kier molecular flexibility index (Phi) is 7.37. The normalized spacial score (nSPS) is 14.1. The van der Waals surface area contributed by atoms with Crippen LogP contribution in [0.5, 0.6) is 0 Å². The highest BCUT2D eigenvalue weighted by atomic mass is 32.2. The van der Waals surface area contributed by atoms with E-state index in [0.717, 1.165) is 12.8 Å². The second-order valence-electron chi connectivity index (χ2n) is 7.01. The van der Waals surface area contributed by atoms with Crippen LogP contribution in [0.3, 0.4) is 0 Å². The van der Waals surface area contributed by atoms with Gasteiger partial charge in [0.05, 0.1) is 4.90 Å². The Labute approximate surface area is 180 Å². The van der Waals surface area contributed by atoms with Crippen LogP contribution in [0.15, 0.2) is 59.5 Å². The molecule has 3 N–H and O–H groups in total. The minimum atomic E-state index is -3.64. The molecule has 3 rings (SSSR count). The van der Waals surface area contributed by atoms with Gasteiger partial charge in [-0.2, -0.15) is 4.31 Å². The molecule has 0 radical (unpaired) electrons. The van der Waals surface area contributed by atoms with Gasteiger partial charge in [-0.05, 0) is 43.2 Å². The Morgan fingerprint density at radius 3 is 2.23 bits per heavy atom. The van der Waals surface area contributed by atoms with Gasteiger partial charge in [-0.25, -0.2) is 8.42 Å². The molecule has 31 heavy (non-hydrogen) atoms. The van der Waals surface area contributed by atoms with Crippen molar-refractivity contribution in [3.8, 4) is 0 Å². The molecule has 0 saturated carbocycles. The fourth-order valence-corrected chi connectivity index (χ4v) is 4.68. The molecule has 1 saturated heterocycles. The van der Waals surface area contributed by atoms with Crippen LogP contribution in [0.4, 0.5) is 0 Å². The van der Waals surface area contributed by atoms with Crippen molar-refractivity contribution in [1.29, 1.82) is 0 Å². The lowest BCUT2D eigenvalue weighted by Gasteiger charge is -2.16. The minimum Gasteiger partial charge on any atom is -0.352 e. The maximum Gasteiger partial charge on any atom is 0.269 e. The predicted molar refractivity (Wildman–Crippen MR) is 113 cm³/mol. The van der Waals surface area contributed by atoms with E-state index in [9.17, 15) is 22.8 Å². The van der Waals surface area contributed by atoms with Crippen molar-refractivity contribution in [1.82, 2.24) is 20.5 Å². The van der Waals surface area contributed by atoms with Gasteiger partial charge in [-0.1, -0.05) is 24.3 Å². The lowest BCUT2D eigenvalue weighted by atomic mass is 10.2. The Morgan fingerprint density at radius 1 is 0.839 bits per heavy atom. The number of carbonyl (C=O) groups excluding carboxylic acids is 3. The molecule has 3 amide bonds. The zero-order valence-electron chi connectivity index (χ0n) is 16.8. The van der Waals surface area contributed by atoms with Crippen molar-refractivity contribution in [2.45, 2.75) is 24.2 Å². The van der Waals surface area contributed by atoms with Crippen LogP contribution in [-0.4, -0.2) is 50.1 Å². The largest absolute Gasteiger partial charge is 0.352 e. The first kappa shape index (κ1) is 22.4. The summed E-state index contributed by atoms with van der Waals surface area (Å²) in [6.45, 7) is 1.03. The number of carbonyl (C=O) groups is 3. The summed E-state index contributed by atoms with van der Waals surface area (Å²) in [6.07, 6.45) is 1.59. The fraction of sp³-hybridized carbons (Fsp3) is 0.286. The van der Waals surface area contributed by atoms with Crippen molar-refractivity contribution in [2.24, 2.45) is 0 Å². The molecule has 1 aliphatic heterocycles. The Morgan fingerprint density at radius 2 is 1.52 bits per heavy atom. The number of nitrogens with one attached hydrogen (secondary N) is 3. The zero-order valence-corrected chi connectivity index (χ0v) is 17.7. The number of amides is 3. The highest BCUT2D eigenvalue weighted by molar-refractivity contribution is 7.89. The van der Waals surface area contributed by atoms with E-state index >= 15 is 0 Å². The topological polar surface area (TPSA) is 125 Å². The number of rotatable bonds is 7. The van der Waals surface area contributed by atoms with E-state index in [1.807, 2.05) is 0 Å². The standard InChI is InChI=1S/C21H24N4O5S/c26-19(11-12-22-20(27)16-7-2-1-3-8-16)23-24-21(28)17-9-6-10-18(15-17)31(29,30)25-13-4-5-14-25/h1-3,6-10,15H,4-5,11-14H2,(H,22,27)(H,23,26)(H,24,28). The summed E-state index contributed by atoms with van der Waals surface area (Å²) in [4.78, 5) is 36.2. The molecule has 164 valence electrons. The van der Waals surface area contributed by atoms with E-state index in [0.29, 0.717) is 18.7 Å². The van der Waals surface area contributed by atoms with Gasteiger partial charge < -0.3 is 5.32 Å². The highest BCUT2D eigenvalue weighted by Crippen LogP contribution is 2.21. The SMILES string of the molecule is O=C(CCNC(=O)c1ccccc1)NNC(=O)c1cccc(S(=O)(=O)N2CCCC2)c1. The Hall–Kier alpha value is -3.24. The number of nitrogens with zero attached hydrogens (tertiary/aromatic N) is 1. The maximum absolute atomic E-state index is 12.6. The summed E-state index contributed by atoms with van der Waals surface area (Å²) in [5, 5.41) is 2.62. The molecule has 0 atom stereocenters. The van der Waals surface area contributed by atoms with Crippen LogP contribution < -0.4 is 16.2 Å². The second kappa shape index (κ2) is 10.2. The zero-order chi connectivity index (χ0) is 22.3. The quantitative estimate of drug-likeness (QED) is 0.551. The minimum absolute atomic E-state index is 0.0389. The van der Waals surface area contributed by atoms with Crippen LogP contribution >= 0.6 is 0 Å². The highest BCUT2D eigenvalue weighted by Gasteiger charge is 2.27. The first-order valence-corrected chi connectivity index (χ1v) is 11.3. The Balaban J connectivity index is 1.48. The lowest BCUT2D eigenvalue weighted by molar-refractivity contribution is -0.121. The van der Waals surface area contributed by atoms with Crippen LogP contribution in [0.2, 0.25) is 0 Å². The number of hydrogen-bond donors (Lipinski definition) is 3. The van der Waals surface area contributed by atoms with E-state index in [-0.39, 0.29) is 29.3 Å². The molecule has 1 heterocycles. The molecule has 0 spiro atoms. The number of benzene rings is 2. The van der Waals surface area contributed by atoms with Gasteiger partial charge in [0.1, 0.15) is 0 Å². The number of hydrogen-bond acceptors (Lipinski definition) is 5. The van der Waals surface area contributed by atoms with Crippen molar-refractivity contribution in [3.63, 3.8) is 0 Å². The maximum atomic E-state index is 12.6. The summed E-state index contributed by atoms with van der Waals surface area (Å²) >= 11 is 0. The molecular formula is C21H24N4O5S. The summed E-state index contributed by atoms with van der Waals surface area (Å²) < 4.78 is 26.7. The summed E-state index contributed by atoms with van der Waals surface area (Å²) in [7, 11) is -3.64. The van der Waals surface area contributed by atoms with Crippen molar-refractivity contribution in [2.75, 3.05) is 19.6 Å². The van der Waals surface area contributed by atoms with Crippen LogP contribution in [0, 0.1) is 0 Å². The third-order valence-corrected chi connectivity index (χ3v) is 6.68. The van der Waals surface area contributed by atoms with Crippen molar-refractivity contribution >= 4 is 27.7 Å². The van der Waals surface area contributed by atoms with Gasteiger partial charge in [0, 0.05) is 37.2 Å². The molecule has 0 unspecified atom stereocenters. The van der Waals surface area contributed by atoms with E-state index in [2.05, 4.69) is 16.2 Å². The van der Waals surface area contributed by atoms with Crippen LogP contribution in [-0.2, 0) is 14.8 Å². The van der Waals surface area contributed by atoms with E-state index in [1.165, 1.54) is 28.6 Å². The van der Waals surface area contributed by atoms with Crippen LogP contribution in [0.25, 0.3) is 0 Å². The van der Waals surface area contributed by atoms with Crippen molar-refractivity contribution in [3.05, 3.63) is 65.7 Å². The third-order valence-electron chi connectivity index (χ3n) is 4.79. The van der Waals surface area contributed by atoms with E-state index in [4.69, 9.17) is 0 Å². The van der Waals surface area contributed by atoms with E-state index < -0.39 is 21.8 Å². The first-order valence-electron chi connectivity index (χ1n) is 9.90. The number of hydrazine groups is 1. The molecule has 2 aromatic carbocycles. The van der Waals surface area contributed by atoms with E-state index in [1.54, 1.807) is 30.3 Å². The molecule has 1 fully saturated rings. The predicted octanol–water partition coefficient (Wildman–Crippen LogP) is 1.05. The molecule has 1 aliphatic rings. The molecule has 0 aliphatic carbocycles. The van der Waals surface area contributed by atoms with Gasteiger partial charge in [0.15, 0.2) is 0 Å². The number of sulfonamides is 1. The third kappa shape index (κ3) is 5.89. The monoisotopic (exact) mass is 444 g/mol. The lowest BCUT2D eigenvalue weighted by Crippen LogP contribution is -2.42. The van der Waals surface area contributed by atoms with Gasteiger partial charge >= 0.3 is 0 Å². The van der Waals surface area contributed by atoms with Gasteiger partial charge in [-0.3, -0.25) is 25.2 Å². The average molecular weight is 445 g/mol.